The van der Waals surface area contributed by atoms with Crippen LogP contribution in [0, 0.1) is 11.6 Å². The fraction of sp³-hybridized carbons (Fsp3) is 0.200. The Balaban J connectivity index is 2.28. The van der Waals surface area contributed by atoms with Crippen LogP contribution in [0.5, 0.6) is 0 Å². The molecule has 0 spiro atoms. The van der Waals surface area contributed by atoms with E-state index in [-0.39, 0.29) is 17.7 Å². The molecule has 2 aromatic carbocycles. The zero-order valence-electron chi connectivity index (χ0n) is 10.5. The van der Waals surface area contributed by atoms with Crippen LogP contribution >= 0.6 is 11.6 Å². The molecule has 0 heterocycles. The molecule has 100 valence electrons. The average molecular weight is 282 g/mol. The molecular formula is C15H14ClF2N. The minimum absolute atomic E-state index is 0.162. The molecule has 0 radical (unpaired) electrons. The van der Waals surface area contributed by atoms with E-state index in [0.29, 0.717) is 17.0 Å². The van der Waals surface area contributed by atoms with Crippen LogP contribution in [0.25, 0.3) is 0 Å². The van der Waals surface area contributed by atoms with Crippen molar-refractivity contribution in [2.45, 2.75) is 12.5 Å². The fourth-order valence-corrected chi connectivity index (χ4v) is 2.33. The van der Waals surface area contributed by atoms with Crippen molar-refractivity contribution in [3.63, 3.8) is 0 Å². The van der Waals surface area contributed by atoms with Crippen molar-refractivity contribution in [2.75, 3.05) is 7.05 Å². The van der Waals surface area contributed by atoms with Gasteiger partial charge in [0.2, 0.25) is 0 Å². The van der Waals surface area contributed by atoms with Gasteiger partial charge in [-0.1, -0.05) is 35.9 Å². The second-order valence-corrected chi connectivity index (χ2v) is 4.71. The lowest BCUT2D eigenvalue weighted by molar-refractivity contribution is 0.552. The van der Waals surface area contributed by atoms with Crippen molar-refractivity contribution in [3.05, 3.63) is 70.2 Å². The summed E-state index contributed by atoms with van der Waals surface area (Å²) in [5.74, 6) is -0.629. The summed E-state index contributed by atoms with van der Waals surface area (Å²) in [6.07, 6.45) is 0.453. The van der Waals surface area contributed by atoms with Gasteiger partial charge in [-0.3, -0.25) is 0 Å². The molecule has 0 aliphatic rings. The quantitative estimate of drug-likeness (QED) is 0.889. The summed E-state index contributed by atoms with van der Waals surface area (Å²) in [6.45, 7) is 0. The molecule has 19 heavy (non-hydrogen) atoms. The third kappa shape index (κ3) is 3.31. The SMILES string of the molecule is CNC(Cc1ccccc1F)c1ccc(F)cc1Cl. The number of rotatable bonds is 4. The van der Waals surface area contributed by atoms with Gasteiger partial charge < -0.3 is 5.32 Å². The van der Waals surface area contributed by atoms with Crippen LogP contribution in [0.2, 0.25) is 5.02 Å². The molecule has 1 unspecified atom stereocenters. The Morgan fingerprint density at radius 1 is 1.16 bits per heavy atom. The molecule has 2 aromatic rings. The van der Waals surface area contributed by atoms with E-state index in [2.05, 4.69) is 5.32 Å². The van der Waals surface area contributed by atoms with Gasteiger partial charge in [-0.2, -0.15) is 0 Å². The number of hydrogen-bond donors (Lipinski definition) is 1. The number of nitrogens with one attached hydrogen (secondary N) is 1. The Kier molecular flexibility index (Phi) is 4.51. The predicted octanol–water partition coefficient (Wildman–Crippen LogP) is 4.12. The maximum absolute atomic E-state index is 13.6. The molecule has 0 fully saturated rings. The van der Waals surface area contributed by atoms with E-state index in [1.807, 2.05) is 0 Å². The summed E-state index contributed by atoms with van der Waals surface area (Å²) in [7, 11) is 1.77. The first-order valence-electron chi connectivity index (χ1n) is 5.97. The van der Waals surface area contributed by atoms with Gasteiger partial charge in [0.25, 0.3) is 0 Å². The number of hydrogen-bond acceptors (Lipinski definition) is 1. The van der Waals surface area contributed by atoms with Crippen molar-refractivity contribution in [2.24, 2.45) is 0 Å². The molecule has 0 bridgehead atoms. The topological polar surface area (TPSA) is 12.0 Å². The summed E-state index contributed by atoms with van der Waals surface area (Å²) in [5, 5.41) is 3.42. The van der Waals surface area contributed by atoms with Crippen LogP contribution in [0.4, 0.5) is 8.78 Å². The average Bonchev–Trinajstić information content (AvgIpc) is 2.39. The van der Waals surface area contributed by atoms with Crippen LogP contribution in [0.15, 0.2) is 42.5 Å². The third-order valence-electron chi connectivity index (χ3n) is 3.07. The van der Waals surface area contributed by atoms with Gasteiger partial charge in [0.05, 0.1) is 0 Å². The highest BCUT2D eigenvalue weighted by molar-refractivity contribution is 6.31. The van der Waals surface area contributed by atoms with Crippen molar-refractivity contribution >= 4 is 11.6 Å². The second-order valence-electron chi connectivity index (χ2n) is 4.30. The molecule has 1 N–H and O–H groups in total. The highest BCUT2D eigenvalue weighted by Gasteiger charge is 2.15. The van der Waals surface area contributed by atoms with Gasteiger partial charge in [-0.25, -0.2) is 8.78 Å². The van der Waals surface area contributed by atoms with E-state index < -0.39 is 0 Å². The Bertz CT molecular complexity index is 572. The van der Waals surface area contributed by atoms with Gasteiger partial charge in [0, 0.05) is 11.1 Å². The lowest BCUT2D eigenvalue weighted by Crippen LogP contribution is -2.19. The van der Waals surface area contributed by atoms with Crippen molar-refractivity contribution < 1.29 is 8.78 Å². The molecule has 1 atom stereocenters. The first-order valence-corrected chi connectivity index (χ1v) is 6.35. The molecule has 0 aliphatic heterocycles. The largest absolute Gasteiger partial charge is 0.313 e. The van der Waals surface area contributed by atoms with E-state index >= 15 is 0 Å². The number of benzene rings is 2. The van der Waals surface area contributed by atoms with Crippen molar-refractivity contribution in [1.82, 2.24) is 5.32 Å². The Morgan fingerprint density at radius 2 is 1.89 bits per heavy atom. The normalized spacial score (nSPS) is 12.4. The smallest absolute Gasteiger partial charge is 0.126 e. The molecule has 0 aromatic heterocycles. The highest BCUT2D eigenvalue weighted by atomic mass is 35.5. The molecule has 0 saturated carbocycles. The fourth-order valence-electron chi connectivity index (χ4n) is 2.04. The maximum Gasteiger partial charge on any atom is 0.126 e. The van der Waals surface area contributed by atoms with Crippen LogP contribution in [0.3, 0.4) is 0 Å². The van der Waals surface area contributed by atoms with Gasteiger partial charge in [-0.05, 0) is 42.8 Å². The minimum Gasteiger partial charge on any atom is -0.313 e. The van der Waals surface area contributed by atoms with E-state index in [9.17, 15) is 8.78 Å². The third-order valence-corrected chi connectivity index (χ3v) is 3.40. The summed E-state index contributed by atoms with van der Waals surface area (Å²) in [5.41, 5.74) is 1.36. The van der Waals surface area contributed by atoms with E-state index in [4.69, 9.17) is 11.6 Å². The zero-order chi connectivity index (χ0) is 13.8. The first-order chi connectivity index (χ1) is 9.11. The summed E-state index contributed by atoms with van der Waals surface area (Å²) < 4.78 is 26.7. The van der Waals surface area contributed by atoms with Crippen LogP contribution in [-0.4, -0.2) is 7.05 Å². The second kappa shape index (κ2) is 6.13. The number of likely N-dealkylation sites (N-methyl/N-ethyl adjacent to an activating group) is 1. The standard InChI is InChI=1S/C15H14ClF2N/c1-19-15(8-10-4-2-3-5-14(10)18)12-7-6-11(17)9-13(12)16/h2-7,9,15,19H,8H2,1H3. The van der Waals surface area contributed by atoms with Gasteiger partial charge in [0.15, 0.2) is 0 Å². The molecule has 2 rings (SSSR count). The van der Waals surface area contributed by atoms with Crippen molar-refractivity contribution in [1.29, 1.82) is 0 Å². The predicted molar refractivity (Wildman–Crippen MR) is 73.3 cm³/mol. The Hall–Kier alpha value is -1.45. The molecule has 0 saturated heterocycles. The summed E-state index contributed by atoms with van der Waals surface area (Å²) in [6, 6.07) is 10.7. The monoisotopic (exact) mass is 281 g/mol. The maximum atomic E-state index is 13.6. The van der Waals surface area contributed by atoms with E-state index in [1.165, 1.54) is 18.2 Å². The van der Waals surface area contributed by atoms with Crippen LogP contribution in [0.1, 0.15) is 17.2 Å². The molecule has 4 heteroatoms. The lowest BCUT2D eigenvalue weighted by Gasteiger charge is -2.18. The Labute approximate surface area is 116 Å². The number of halogens is 3. The van der Waals surface area contributed by atoms with Crippen LogP contribution in [-0.2, 0) is 6.42 Å². The lowest BCUT2D eigenvalue weighted by atomic mass is 9.98. The van der Waals surface area contributed by atoms with Gasteiger partial charge >= 0.3 is 0 Å². The highest BCUT2D eigenvalue weighted by Crippen LogP contribution is 2.27. The zero-order valence-corrected chi connectivity index (χ0v) is 11.2. The first kappa shape index (κ1) is 14.0. The van der Waals surface area contributed by atoms with E-state index in [1.54, 1.807) is 31.3 Å². The van der Waals surface area contributed by atoms with Crippen molar-refractivity contribution in [3.8, 4) is 0 Å². The molecular weight excluding hydrogens is 268 g/mol. The Morgan fingerprint density at radius 3 is 2.53 bits per heavy atom. The molecule has 1 nitrogen and oxygen atoms in total. The summed E-state index contributed by atoms with van der Waals surface area (Å²) >= 11 is 6.04. The van der Waals surface area contributed by atoms with Gasteiger partial charge in [-0.15, -0.1) is 0 Å². The van der Waals surface area contributed by atoms with Gasteiger partial charge in [0.1, 0.15) is 11.6 Å². The van der Waals surface area contributed by atoms with E-state index in [0.717, 1.165) is 5.56 Å². The molecule has 0 aliphatic carbocycles. The van der Waals surface area contributed by atoms with Crippen LogP contribution < -0.4 is 5.32 Å². The molecule has 0 amide bonds. The summed E-state index contributed by atoms with van der Waals surface area (Å²) in [4.78, 5) is 0. The minimum atomic E-state index is -0.380.